The van der Waals surface area contributed by atoms with Gasteiger partial charge in [0.2, 0.25) is 15.9 Å². The number of sulfonamides is 1. The van der Waals surface area contributed by atoms with Crippen molar-refractivity contribution in [1.82, 2.24) is 9.21 Å². The summed E-state index contributed by atoms with van der Waals surface area (Å²) in [6, 6.07) is 10.1. The molecular weight excluding hydrogens is 336 g/mol. The van der Waals surface area contributed by atoms with Crippen molar-refractivity contribution < 1.29 is 13.2 Å². The van der Waals surface area contributed by atoms with Crippen LogP contribution in [-0.2, 0) is 21.2 Å². The van der Waals surface area contributed by atoms with Gasteiger partial charge in [0.25, 0.3) is 0 Å². The van der Waals surface area contributed by atoms with E-state index in [1.54, 1.807) is 13.0 Å². The Bertz CT molecular complexity index is 665. The Balaban J connectivity index is 1.93. The molecule has 1 fully saturated rings. The van der Waals surface area contributed by atoms with Crippen LogP contribution in [0.3, 0.4) is 0 Å². The number of piperidine rings is 1. The predicted octanol–water partition coefficient (Wildman–Crippen LogP) is 2.31. The Hall–Kier alpha value is -1.66. The van der Waals surface area contributed by atoms with Crippen LogP contribution in [0.5, 0.6) is 0 Å². The van der Waals surface area contributed by atoms with E-state index in [0.29, 0.717) is 39.0 Å². The second kappa shape index (κ2) is 9.15. The van der Waals surface area contributed by atoms with Crippen LogP contribution < -0.4 is 0 Å². The van der Waals surface area contributed by atoms with Crippen LogP contribution in [0.15, 0.2) is 43.0 Å². The van der Waals surface area contributed by atoms with Crippen molar-refractivity contribution in [3.05, 3.63) is 48.6 Å². The lowest BCUT2D eigenvalue weighted by Crippen LogP contribution is -2.45. The highest BCUT2D eigenvalue weighted by atomic mass is 32.2. The minimum atomic E-state index is -3.15. The molecule has 1 aromatic rings. The lowest BCUT2D eigenvalue weighted by molar-refractivity contribution is -0.136. The van der Waals surface area contributed by atoms with Crippen LogP contribution in [0.1, 0.15) is 25.3 Å². The summed E-state index contributed by atoms with van der Waals surface area (Å²) in [5.74, 6) is 0.133. The van der Waals surface area contributed by atoms with Gasteiger partial charge in [0, 0.05) is 32.1 Å². The summed E-state index contributed by atoms with van der Waals surface area (Å²) < 4.78 is 25.4. The Kier molecular flexibility index (Phi) is 7.20. The molecule has 0 atom stereocenters. The number of nitrogens with zero attached hydrogens (tertiary/aromatic N) is 2. The fraction of sp³-hybridized carbons (Fsp3) is 0.526. The van der Waals surface area contributed by atoms with Crippen molar-refractivity contribution in [2.45, 2.75) is 26.2 Å². The molecule has 0 saturated carbocycles. The van der Waals surface area contributed by atoms with Crippen molar-refractivity contribution in [2.75, 3.05) is 31.9 Å². The molecule has 1 aliphatic rings. The van der Waals surface area contributed by atoms with E-state index >= 15 is 0 Å². The number of rotatable bonds is 8. The second-order valence-corrected chi connectivity index (χ2v) is 8.64. The maximum absolute atomic E-state index is 12.8. The summed E-state index contributed by atoms with van der Waals surface area (Å²) in [5.41, 5.74) is 1.20. The van der Waals surface area contributed by atoms with Gasteiger partial charge in [-0.2, -0.15) is 0 Å². The van der Waals surface area contributed by atoms with Gasteiger partial charge < -0.3 is 4.90 Å². The van der Waals surface area contributed by atoms with Crippen LogP contribution in [0, 0.1) is 5.92 Å². The molecule has 0 unspecified atom stereocenters. The zero-order valence-electron chi connectivity index (χ0n) is 14.9. The molecule has 0 radical (unpaired) electrons. The van der Waals surface area contributed by atoms with Crippen LogP contribution in [0.2, 0.25) is 0 Å². The van der Waals surface area contributed by atoms with Crippen LogP contribution in [0.4, 0.5) is 0 Å². The molecule has 138 valence electrons. The quantitative estimate of drug-likeness (QED) is 0.665. The molecule has 25 heavy (non-hydrogen) atoms. The van der Waals surface area contributed by atoms with Crippen molar-refractivity contribution in [2.24, 2.45) is 5.92 Å². The average Bonchev–Trinajstić information content (AvgIpc) is 2.65. The molecular formula is C19H28N2O3S. The fourth-order valence-electron chi connectivity index (χ4n) is 3.18. The first kappa shape index (κ1) is 19.7. The number of hydrogen-bond donors (Lipinski definition) is 0. The molecule has 0 aliphatic carbocycles. The van der Waals surface area contributed by atoms with Gasteiger partial charge in [-0.3, -0.25) is 4.79 Å². The normalized spacial score (nSPS) is 16.5. The summed E-state index contributed by atoms with van der Waals surface area (Å²) in [5, 5.41) is 0. The monoisotopic (exact) mass is 364 g/mol. The van der Waals surface area contributed by atoms with E-state index in [4.69, 9.17) is 0 Å². The molecule has 0 aromatic heterocycles. The van der Waals surface area contributed by atoms with Gasteiger partial charge in [0.05, 0.1) is 5.75 Å². The van der Waals surface area contributed by atoms with E-state index in [0.717, 1.165) is 6.42 Å². The first-order chi connectivity index (χ1) is 12.0. The smallest absolute Gasteiger partial charge is 0.226 e. The number of hydrogen-bond acceptors (Lipinski definition) is 3. The van der Waals surface area contributed by atoms with E-state index in [2.05, 4.69) is 18.7 Å². The molecule has 0 spiro atoms. The largest absolute Gasteiger partial charge is 0.338 e. The highest BCUT2D eigenvalue weighted by Crippen LogP contribution is 2.22. The van der Waals surface area contributed by atoms with Gasteiger partial charge in [0.15, 0.2) is 0 Å². The third kappa shape index (κ3) is 5.41. The lowest BCUT2D eigenvalue weighted by Gasteiger charge is -2.33. The Labute approximate surface area is 151 Å². The van der Waals surface area contributed by atoms with Gasteiger partial charge in [-0.1, -0.05) is 36.4 Å². The molecule has 1 amide bonds. The first-order valence-corrected chi connectivity index (χ1v) is 10.5. The third-order valence-corrected chi connectivity index (χ3v) is 6.62. The lowest BCUT2D eigenvalue weighted by atomic mass is 9.96. The first-order valence-electron chi connectivity index (χ1n) is 8.89. The Morgan fingerprint density at radius 3 is 2.48 bits per heavy atom. The molecule has 0 N–H and O–H groups in total. The van der Waals surface area contributed by atoms with Gasteiger partial charge in [-0.15, -0.1) is 6.58 Å². The van der Waals surface area contributed by atoms with Gasteiger partial charge in [-0.25, -0.2) is 12.7 Å². The zero-order chi connectivity index (χ0) is 18.3. The van der Waals surface area contributed by atoms with Gasteiger partial charge in [-0.05, 0) is 31.7 Å². The van der Waals surface area contributed by atoms with E-state index < -0.39 is 10.0 Å². The topological polar surface area (TPSA) is 57.7 Å². The summed E-state index contributed by atoms with van der Waals surface area (Å²) in [7, 11) is -3.15. The number of amides is 1. The summed E-state index contributed by atoms with van der Waals surface area (Å²) in [6.07, 6.45) is 3.75. The Morgan fingerprint density at radius 2 is 1.92 bits per heavy atom. The molecule has 1 aromatic carbocycles. The fourth-order valence-corrected chi connectivity index (χ4v) is 4.31. The van der Waals surface area contributed by atoms with Crippen LogP contribution in [-0.4, -0.2) is 55.5 Å². The molecule has 1 heterocycles. The number of carbonyl (C=O) groups is 1. The minimum absolute atomic E-state index is 0.0981. The molecule has 5 nitrogen and oxygen atoms in total. The second-order valence-electron chi connectivity index (χ2n) is 6.38. The molecule has 6 heteroatoms. The Morgan fingerprint density at radius 1 is 1.28 bits per heavy atom. The standard InChI is InChI=1S/C19H28N2O3S/c1-3-13-20(14-10-17-8-6-5-7-9-17)19(22)18-11-15-21(16-12-18)25(23,24)4-2/h3,5-9,18H,1,4,10-16H2,2H3. The highest BCUT2D eigenvalue weighted by Gasteiger charge is 2.31. The summed E-state index contributed by atoms with van der Waals surface area (Å²) >= 11 is 0. The van der Waals surface area contributed by atoms with E-state index in [9.17, 15) is 13.2 Å². The van der Waals surface area contributed by atoms with Crippen molar-refractivity contribution >= 4 is 15.9 Å². The SMILES string of the molecule is C=CCN(CCc1ccccc1)C(=O)C1CCN(S(=O)(=O)CC)CC1. The maximum Gasteiger partial charge on any atom is 0.226 e. The average molecular weight is 365 g/mol. The maximum atomic E-state index is 12.8. The highest BCUT2D eigenvalue weighted by molar-refractivity contribution is 7.89. The van der Waals surface area contributed by atoms with E-state index in [-0.39, 0.29) is 17.6 Å². The number of benzene rings is 1. The third-order valence-electron chi connectivity index (χ3n) is 4.74. The predicted molar refractivity (Wildman–Crippen MR) is 101 cm³/mol. The minimum Gasteiger partial charge on any atom is -0.338 e. The molecule has 1 aliphatic heterocycles. The van der Waals surface area contributed by atoms with Gasteiger partial charge >= 0.3 is 0 Å². The van der Waals surface area contributed by atoms with Crippen LogP contribution >= 0.6 is 0 Å². The van der Waals surface area contributed by atoms with Gasteiger partial charge in [0.1, 0.15) is 0 Å². The van der Waals surface area contributed by atoms with E-state index in [1.165, 1.54) is 9.87 Å². The van der Waals surface area contributed by atoms with Crippen LogP contribution in [0.25, 0.3) is 0 Å². The number of carbonyl (C=O) groups excluding carboxylic acids is 1. The van der Waals surface area contributed by atoms with Crippen molar-refractivity contribution in [3.63, 3.8) is 0 Å². The van der Waals surface area contributed by atoms with E-state index in [1.807, 2.05) is 23.1 Å². The summed E-state index contributed by atoms with van der Waals surface area (Å²) in [4.78, 5) is 14.7. The zero-order valence-corrected chi connectivity index (χ0v) is 15.7. The molecule has 1 saturated heterocycles. The summed E-state index contributed by atoms with van der Waals surface area (Å²) in [6.45, 7) is 7.47. The van der Waals surface area contributed by atoms with Crippen molar-refractivity contribution in [3.8, 4) is 0 Å². The molecule has 0 bridgehead atoms. The molecule has 2 rings (SSSR count). The van der Waals surface area contributed by atoms with Crippen molar-refractivity contribution in [1.29, 1.82) is 0 Å².